The molecular formula is C14H18N2O3. The minimum absolute atomic E-state index is 0.179. The number of benzene rings is 1. The van der Waals surface area contributed by atoms with Crippen molar-refractivity contribution in [2.75, 3.05) is 19.6 Å². The lowest BCUT2D eigenvalue weighted by molar-refractivity contribution is 0.0782. The molecule has 0 radical (unpaired) electrons. The van der Waals surface area contributed by atoms with E-state index in [2.05, 4.69) is 5.32 Å². The highest BCUT2D eigenvalue weighted by molar-refractivity contribution is 5.97. The second-order valence-corrected chi connectivity index (χ2v) is 5.35. The van der Waals surface area contributed by atoms with Crippen molar-refractivity contribution in [1.29, 1.82) is 0 Å². The van der Waals surface area contributed by atoms with Gasteiger partial charge in [0.05, 0.1) is 5.56 Å². The maximum atomic E-state index is 12.4. The van der Waals surface area contributed by atoms with Gasteiger partial charge in [-0.15, -0.1) is 0 Å². The first kappa shape index (κ1) is 12.3. The molecule has 2 aliphatic heterocycles. The van der Waals surface area contributed by atoms with Crippen LogP contribution in [0.25, 0.3) is 0 Å². The zero-order valence-corrected chi connectivity index (χ0v) is 10.7. The lowest BCUT2D eigenvalue weighted by Crippen LogP contribution is -2.41. The Labute approximate surface area is 111 Å². The fourth-order valence-corrected chi connectivity index (χ4v) is 3.09. The van der Waals surface area contributed by atoms with Crippen molar-refractivity contribution < 1.29 is 15.0 Å². The van der Waals surface area contributed by atoms with Crippen LogP contribution in [0, 0.1) is 5.92 Å². The Hall–Kier alpha value is -1.75. The second-order valence-electron chi connectivity index (χ2n) is 5.35. The number of phenols is 2. The minimum Gasteiger partial charge on any atom is -0.504 e. The van der Waals surface area contributed by atoms with Gasteiger partial charge in [-0.2, -0.15) is 0 Å². The third-order valence-electron chi connectivity index (χ3n) is 4.13. The van der Waals surface area contributed by atoms with Crippen LogP contribution in [0.2, 0.25) is 0 Å². The number of hydrogen-bond donors (Lipinski definition) is 3. The number of amides is 1. The number of aromatic hydroxyl groups is 2. The van der Waals surface area contributed by atoms with Gasteiger partial charge >= 0.3 is 0 Å². The standard InChI is InChI=1S/C14H18N2O3/c17-12-5-1-4-10(13(12)18)14(19)16-7-9-3-2-6-15-11(9)8-16/h1,4-5,9,11,15,17-18H,2-3,6-8H2. The molecule has 1 aromatic rings. The molecule has 2 saturated heterocycles. The summed E-state index contributed by atoms with van der Waals surface area (Å²) in [7, 11) is 0. The highest BCUT2D eigenvalue weighted by Gasteiger charge is 2.37. The maximum Gasteiger partial charge on any atom is 0.257 e. The normalized spacial score (nSPS) is 26.2. The van der Waals surface area contributed by atoms with Crippen molar-refractivity contribution in [1.82, 2.24) is 10.2 Å². The van der Waals surface area contributed by atoms with Crippen LogP contribution in [0.15, 0.2) is 18.2 Å². The molecule has 0 aromatic heterocycles. The molecule has 5 heteroatoms. The molecule has 2 aliphatic rings. The molecule has 2 heterocycles. The third-order valence-corrected chi connectivity index (χ3v) is 4.13. The van der Waals surface area contributed by atoms with E-state index in [0.717, 1.165) is 25.9 Å². The van der Waals surface area contributed by atoms with Crippen LogP contribution in [0.3, 0.4) is 0 Å². The number of hydrogen-bond acceptors (Lipinski definition) is 4. The molecule has 5 nitrogen and oxygen atoms in total. The molecule has 0 spiro atoms. The van der Waals surface area contributed by atoms with E-state index < -0.39 is 0 Å². The molecule has 0 aliphatic carbocycles. The summed E-state index contributed by atoms with van der Waals surface area (Å²) in [6.45, 7) is 2.42. The van der Waals surface area contributed by atoms with Crippen molar-refractivity contribution in [3.05, 3.63) is 23.8 Å². The van der Waals surface area contributed by atoms with E-state index in [0.29, 0.717) is 18.5 Å². The average Bonchev–Trinajstić information content (AvgIpc) is 2.85. The molecule has 2 unspecified atom stereocenters. The van der Waals surface area contributed by atoms with E-state index in [9.17, 15) is 15.0 Å². The average molecular weight is 262 g/mol. The first-order chi connectivity index (χ1) is 9.16. The summed E-state index contributed by atoms with van der Waals surface area (Å²) < 4.78 is 0. The van der Waals surface area contributed by atoms with E-state index in [-0.39, 0.29) is 23.0 Å². The van der Waals surface area contributed by atoms with Crippen LogP contribution in [-0.4, -0.2) is 46.7 Å². The Balaban J connectivity index is 1.79. The molecule has 3 N–H and O–H groups in total. The predicted molar refractivity (Wildman–Crippen MR) is 70.2 cm³/mol. The first-order valence-corrected chi connectivity index (χ1v) is 6.70. The van der Waals surface area contributed by atoms with Gasteiger partial charge in [-0.05, 0) is 37.4 Å². The van der Waals surface area contributed by atoms with Gasteiger partial charge in [0.25, 0.3) is 5.91 Å². The molecule has 2 fully saturated rings. The summed E-state index contributed by atoms with van der Waals surface area (Å²) in [5.41, 5.74) is 0.179. The molecule has 2 atom stereocenters. The zero-order chi connectivity index (χ0) is 13.4. The van der Waals surface area contributed by atoms with Gasteiger partial charge in [-0.25, -0.2) is 0 Å². The van der Waals surface area contributed by atoms with Gasteiger partial charge in [0.15, 0.2) is 11.5 Å². The molecular weight excluding hydrogens is 244 g/mol. The minimum atomic E-state index is -0.324. The number of likely N-dealkylation sites (tertiary alicyclic amines) is 1. The van der Waals surface area contributed by atoms with Crippen LogP contribution >= 0.6 is 0 Å². The Morgan fingerprint density at radius 1 is 1.32 bits per heavy atom. The van der Waals surface area contributed by atoms with Crippen LogP contribution in [0.4, 0.5) is 0 Å². The van der Waals surface area contributed by atoms with Crippen LogP contribution in [0.5, 0.6) is 11.5 Å². The molecule has 102 valence electrons. The van der Waals surface area contributed by atoms with E-state index in [1.807, 2.05) is 0 Å². The highest BCUT2D eigenvalue weighted by Crippen LogP contribution is 2.31. The van der Waals surface area contributed by atoms with Gasteiger partial charge in [0.1, 0.15) is 0 Å². The van der Waals surface area contributed by atoms with Crippen molar-refractivity contribution >= 4 is 5.91 Å². The highest BCUT2D eigenvalue weighted by atomic mass is 16.3. The van der Waals surface area contributed by atoms with Crippen molar-refractivity contribution in [3.8, 4) is 11.5 Å². The molecule has 19 heavy (non-hydrogen) atoms. The summed E-state index contributed by atoms with van der Waals surface area (Å²) in [6, 6.07) is 4.87. The number of nitrogens with one attached hydrogen (secondary N) is 1. The summed E-state index contributed by atoms with van der Waals surface area (Å²) in [6.07, 6.45) is 2.30. The number of rotatable bonds is 1. The van der Waals surface area contributed by atoms with Gasteiger partial charge in [0.2, 0.25) is 0 Å². The van der Waals surface area contributed by atoms with Crippen LogP contribution < -0.4 is 5.32 Å². The summed E-state index contributed by atoms with van der Waals surface area (Å²) in [5.74, 6) is -0.266. The number of piperidine rings is 1. The predicted octanol–water partition coefficient (Wildman–Crippen LogP) is 0.922. The quantitative estimate of drug-likeness (QED) is 0.658. The van der Waals surface area contributed by atoms with Crippen molar-refractivity contribution in [2.24, 2.45) is 5.92 Å². The van der Waals surface area contributed by atoms with Gasteiger partial charge < -0.3 is 20.4 Å². The number of carbonyl (C=O) groups is 1. The maximum absolute atomic E-state index is 12.4. The number of carbonyl (C=O) groups excluding carboxylic acids is 1. The van der Waals surface area contributed by atoms with E-state index >= 15 is 0 Å². The number of fused-ring (bicyclic) bond motifs is 1. The SMILES string of the molecule is O=C(c1cccc(O)c1O)N1CC2CCCNC2C1. The zero-order valence-electron chi connectivity index (χ0n) is 10.7. The topological polar surface area (TPSA) is 72.8 Å². The van der Waals surface area contributed by atoms with E-state index in [1.54, 1.807) is 17.0 Å². The first-order valence-electron chi connectivity index (χ1n) is 6.70. The van der Waals surface area contributed by atoms with Gasteiger partial charge in [0, 0.05) is 19.1 Å². The Kier molecular flexibility index (Phi) is 3.06. The van der Waals surface area contributed by atoms with E-state index in [1.165, 1.54) is 6.07 Å². The molecule has 0 bridgehead atoms. The summed E-state index contributed by atoms with van der Waals surface area (Å²) in [5, 5.41) is 22.7. The lowest BCUT2D eigenvalue weighted by atomic mass is 9.94. The Morgan fingerprint density at radius 2 is 2.16 bits per heavy atom. The molecule has 3 rings (SSSR count). The van der Waals surface area contributed by atoms with Gasteiger partial charge in [-0.1, -0.05) is 6.07 Å². The fraction of sp³-hybridized carbons (Fsp3) is 0.500. The van der Waals surface area contributed by atoms with Crippen LogP contribution in [0.1, 0.15) is 23.2 Å². The Morgan fingerprint density at radius 3 is 2.95 bits per heavy atom. The lowest BCUT2D eigenvalue weighted by Gasteiger charge is -2.24. The smallest absolute Gasteiger partial charge is 0.257 e. The van der Waals surface area contributed by atoms with Crippen molar-refractivity contribution in [2.45, 2.75) is 18.9 Å². The number of nitrogens with zero attached hydrogens (tertiary/aromatic N) is 1. The number of para-hydroxylation sites is 1. The monoisotopic (exact) mass is 262 g/mol. The summed E-state index contributed by atoms with van der Waals surface area (Å²) in [4.78, 5) is 14.2. The largest absolute Gasteiger partial charge is 0.504 e. The Bertz CT molecular complexity index is 489. The van der Waals surface area contributed by atoms with Crippen molar-refractivity contribution in [3.63, 3.8) is 0 Å². The second kappa shape index (κ2) is 4.74. The molecule has 1 amide bonds. The summed E-state index contributed by atoms with van der Waals surface area (Å²) >= 11 is 0. The molecule has 1 aromatic carbocycles. The van der Waals surface area contributed by atoms with Gasteiger partial charge in [-0.3, -0.25) is 4.79 Å². The van der Waals surface area contributed by atoms with E-state index in [4.69, 9.17) is 0 Å². The third kappa shape index (κ3) is 2.14. The fourth-order valence-electron chi connectivity index (χ4n) is 3.09. The molecule has 0 saturated carbocycles. The van der Waals surface area contributed by atoms with Crippen LogP contribution in [-0.2, 0) is 0 Å². The number of phenolic OH excluding ortho intramolecular Hbond substituents is 2.